The molecule has 32 heavy (non-hydrogen) atoms. The molecule has 8 nitrogen and oxygen atoms in total. The van der Waals surface area contributed by atoms with E-state index in [0.29, 0.717) is 30.4 Å². The molecule has 1 saturated heterocycles. The second-order valence-electron chi connectivity index (χ2n) is 8.06. The molecule has 9 heteroatoms. The Labute approximate surface area is 182 Å². The molecule has 1 aliphatic rings. The minimum absolute atomic E-state index is 0.0163. The van der Waals surface area contributed by atoms with Crippen LogP contribution in [0.2, 0.25) is 0 Å². The van der Waals surface area contributed by atoms with Crippen LogP contribution >= 0.6 is 0 Å². The van der Waals surface area contributed by atoms with Crippen LogP contribution in [0, 0.1) is 5.82 Å². The Balaban J connectivity index is 1.33. The maximum atomic E-state index is 13.2. The first-order valence-electron chi connectivity index (χ1n) is 10.5. The lowest BCUT2D eigenvalue weighted by Crippen LogP contribution is -2.42. The zero-order valence-electron chi connectivity index (χ0n) is 17.6. The molecule has 1 fully saturated rings. The van der Waals surface area contributed by atoms with E-state index < -0.39 is 0 Å². The van der Waals surface area contributed by atoms with E-state index in [1.54, 1.807) is 28.6 Å². The smallest absolute Gasteiger partial charge is 0.329 e. The fourth-order valence-corrected chi connectivity index (χ4v) is 4.27. The summed E-state index contributed by atoms with van der Waals surface area (Å²) in [5.74, 6) is 0.323. The van der Waals surface area contributed by atoms with E-state index in [4.69, 9.17) is 4.52 Å². The predicted octanol–water partition coefficient (Wildman–Crippen LogP) is 2.94. The summed E-state index contributed by atoms with van der Waals surface area (Å²) in [6.45, 7) is 1.05. The topological polar surface area (TPSA) is 86.2 Å². The molecule has 1 amide bonds. The molecular formula is C23H22FN5O3. The Kier molecular flexibility index (Phi) is 5.08. The fourth-order valence-electron chi connectivity index (χ4n) is 4.27. The van der Waals surface area contributed by atoms with E-state index in [1.807, 2.05) is 24.3 Å². The summed E-state index contributed by atoms with van der Waals surface area (Å²) in [5.41, 5.74) is 1.98. The number of nitrogens with zero attached hydrogens (tertiary/aromatic N) is 5. The molecular weight excluding hydrogens is 413 g/mol. The second-order valence-corrected chi connectivity index (χ2v) is 8.06. The highest BCUT2D eigenvalue weighted by atomic mass is 19.1. The molecule has 1 aliphatic heterocycles. The number of imidazole rings is 1. The van der Waals surface area contributed by atoms with Gasteiger partial charge < -0.3 is 9.42 Å². The van der Waals surface area contributed by atoms with Gasteiger partial charge in [0.15, 0.2) is 0 Å². The van der Waals surface area contributed by atoms with Gasteiger partial charge in [-0.2, -0.15) is 4.98 Å². The Morgan fingerprint density at radius 3 is 2.69 bits per heavy atom. The van der Waals surface area contributed by atoms with Gasteiger partial charge in [-0.25, -0.2) is 9.18 Å². The maximum absolute atomic E-state index is 13.2. The zero-order chi connectivity index (χ0) is 22.2. The van der Waals surface area contributed by atoms with E-state index in [9.17, 15) is 14.0 Å². The van der Waals surface area contributed by atoms with Gasteiger partial charge in [-0.05, 0) is 49.2 Å². The highest BCUT2D eigenvalue weighted by molar-refractivity contribution is 5.81. The van der Waals surface area contributed by atoms with Gasteiger partial charge in [0.05, 0.1) is 17.0 Å². The SMILES string of the molecule is Cn1c(=O)n(CC(=O)N2CCC[C@@H](c3nc(-c4ccc(F)cc4)no3)C2)c2ccccc21. The first kappa shape index (κ1) is 20.2. The number of fused-ring (bicyclic) bond motifs is 1. The van der Waals surface area contributed by atoms with Crippen molar-refractivity contribution in [1.29, 1.82) is 0 Å². The van der Waals surface area contributed by atoms with Crippen LogP contribution in [0.15, 0.2) is 57.8 Å². The highest BCUT2D eigenvalue weighted by Gasteiger charge is 2.29. The van der Waals surface area contributed by atoms with Gasteiger partial charge in [0.2, 0.25) is 17.6 Å². The number of likely N-dealkylation sites (tertiary alicyclic amines) is 1. The van der Waals surface area contributed by atoms with Crippen molar-refractivity contribution in [3.05, 3.63) is 70.7 Å². The maximum Gasteiger partial charge on any atom is 0.329 e. The van der Waals surface area contributed by atoms with Gasteiger partial charge in [0.25, 0.3) is 0 Å². The fraction of sp³-hybridized carbons (Fsp3) is 0.304. The molecule has 4 aromatic rings. The zero-order valence-corrected chi connectivity index (χ0v) is 17.6. The van der Waals surface area contributed by atoms with Gasteiger partial charge in [-0.15, -0.1) is 0 Å². The van der Waals surface area contributed by atoms with Crippen LogP contribution in [0.25, 0.3) is 22.4 Å². The lowest BCUT2D eigenvalue weighted by Gasteiger charge is -2.31. The van der Waals surface area contributed by atoms with Crippen molar-refractivity contribution >= 4 is 16.9 Å². The number of aryl methyl sites for hydroxylation is 1. The van der Waals surface area contributed by atoms with Crippen molar-refractivity contribution in [3.8, 4) is 11.4 Å². The number of aromatic nitrogens is 4. The minimum Gasteiger partial charge on any atom is -0.340 e. The molecule has 0 aliphatic carbocycles. The standard InChI is InChI=1S/C23H22FN5O3/c1-27-18-6-2-3-7-19(18)29(23(27)31)14-20(30)28-12-4-5-16(13-28)22-25-21(26-32-22)15-8-10-17(24)11-9-15/h2-3,6-11,16H,4-5,12-14H2,1H3/t16-/m1/s1. The molecule has 0 bridgehead atoms. The number of piperidine rings is 1. The second kappa shape index (κ2) is 8.07. The number of benzene rings is 2. The predicted molar refractivity (Wildman–Crippen MR) is 115 cm³/mol. The Morgan fingerprint density at radius 1 is 1.16 bits per heavy atom. The Bertz CT molecular complexity index is 1340. The van der Waals surface area contributed by atoms with Crippen molar-refractivity contribution in [2.75, 3.05) is 13.1 Å². The monoisotopic (exact) mass is 435 g/mol. The van der Waals surface area contributed by atoms with E-state index in [-0.39, 0.29) is 29.9 Å². The van der Waals surface area contributed by atoms with Crippen molar-refractivity contribution in [2.24, 2.45) is 7.05 Å². The highest BCUT2D eigenvalue weighted by Crippen LogP contribution is 2.28. The molecule has 0 saturated carbocycles. The van der Waals surface area contributed by atoms with Crippen molar-refractivity contribution in [1.82, 2.24) is 24.2 Å². The average molecular weight is 435 g/mol. The summed E-state index contributed by atoms with van der Waals surface area (Å²) in [6.07, 6.45) is 1.62. The molecule has 2 aromatic carbocycles. The minimum atomic E-state index is -0.329. The van der Waals surface area contributed by atoms with E-state index in [1.165, 1.54) is 16.7 Å². The van der Waals surface area contributed by atoms with Crippen LogP contribution in [-0.4, -0.2) is 43.2 Å². The van der Waals surface area contributed by atoms with Crippen molar-refractivity contribution in [2.45, 2.75) is 25.3 Å². The molecule has 5 rings (SSSR count). The molecule has 0 unspecified atom stereocenters. The number of carbonyl (C=O) groups is 1. The Morgan fingerprint density at radius 2 is 1.91 bits per heavy atom. The van der Waals surface area contributed by atoms with Gasteiger partial charge in [-0.1, -0.05) is 17.3 Å². The van der Waals surface area contributed by atoms with Gasteiger partial charge in [0.1, 0.15) is 12.4 Å². The molecule has 1 atom stereocenters. The summed E-state index contributed by atoms with van der Waals surface area (Å²) in [5, 5.41) is 4.02. The Hall–Kier alpha value is -3.75. The van der Waals surface area contributed by atoms with Gasteiger partial charge in [0, 0.05) is 25.7 Å². The molecule has 164 valence electrons. The van der Waals surface area contributed by atoms with Gasteiger partial charge >= 0.3 is 5.69 Å². The van der Waals surface area contributed by atoms with Crippen LogP contribution < -0.4 is 5.69 Å². The summed E-state index contributed by atoms with van der Waals surface area (Å²) in [7, 11) is 1.71. The largest absolute Gasteiger partial charge is 0.340 e. The first-order chi connectivity index (χ1) is 15.5. The van der Waals surface area contributed by atoms with Crippen LogP contribution in [-0.2, 0) is 18.4 Å². The third kappa shape index (κ3) is 3.59. The van der Waals surface area contributed by atoms with Crippen LogP contribution in [0.1, 0.15) is 24.7 Å². The molecule has 0 N–H and O–H groups in total. The van der Waals surface area contributed by atoms with Crippen molar-refractivity contribution < 1.29 is 13.7 Å². The first-order valence-corrected chi connectivity index (χ1v) is 10.5. The summed E-state index contributed by atoms with van der Waals surface area (Å²) >= 11 is 0. The van der Waals surface area contributed by atoms with Gasteiger partial charge in [-0.3, -0.25) is 13.9 Å². The van der Waals surface area contributed by atoms with E-state index in [2.05, 4.69) is 10.1 Å². The number of para-hydroxylation sites is 2. The van der Waals surface area contributed by atoms with E-state index in [0.717, 1.165) is 23.9 Å². The third-order valence-corrected chi connectivity index (χ3v) is 6.01. The number of rotatable bonds is 4. The van der Waals surface area contributed by atoms with Crippen LogP contribution in [0.5, 0.6) is 0 Å². The molecule has 2 aromatic heterocycles. The summed E-state index contributed by atoms with van der Waals surface area (Å²) < 4.78 is 21.7. The third-order valence-electron chi connectivity index (χ3n) is 6.01. The number of halogens is 1. The quantitative estimate of drug-likeness (QED) is 0.492. The lowest BCUT2D eigenvalue weighted by atomic mass is 9.98. The van der Waals surface area contributed by atoms with Crippen LogP contribution in [0.3, 0.4) is 0 Å². The summed E-state index contributed by atoms with van der Waals surface area (Å²) in [6, 6.07) is 13.3. The number of hydrogen-bond donors (Lipinski definition) is 0. The molecule has 0 spiro atoms. The number of amides is 1. The lowest BCUT2D eigenvalue weighted by molar-refractivity contribution is -0.133. The van der Waals surface area contributed by atoms with Crippen LogP contribution in [0.4, 0.5) is 4.39 Å². The van der Waals surface area contributed by atoms with E-state index >= 15 is 0 Å². The van der Waals surface area contributed by atoms with Crippen molar-refractivity contribution in [3.63, 3.8) is 0 Å². The number of carbonyl (C=O) groups excluding carboxylic acids is 1. The average Bonchev–Trinajstić information content (AvgIpc) is 3.40. The molecule has 3 heterocycles. The number of hydrogen-bond acceptors (Lipinski definition) is 5. The summed E-state index contributed by atoms with van der Waals surface area (Å²) in [4.78, 5) is 31.9. The normalized spacial score (nSPS) is 16.6. The molecule has 0 radical (unpaired) electrons.